The Kier molecular flexibility index (Phi) is 24.6. The Labute approximate surface area is 362 Å². The van der Waals surface area contributed by atoms with E-state index in [-0.39, 0.29) is 110 Å². The Morgan fingerprint density at radius 2 is 1.49 bits per heavy atom. The van der Waals surface area contributed by atoms with E-state index in [0.717, 1.165) is 64.2 Å². The molecule has 5 amide bonds. The molecule has 18 heteroatoms. The molecule has 0 aromatic carbocycles. The van der Waals surface area contributed by atoms with Crippen LogP contribution in [-0.2, 0) is 24.0 Å². The van der Waals surface area contributed by atoms with E-state index in [2.05, 4.69) is 31.2 Å². The van der Waals surface area contributed by atoms with Gasteiger partial charge in [-0.3, -0.25) is 33.8 Å². The van der Waals surface area contributed by atoms with Gasteiger partial charge in [-0.05, 0) is 68.1 Å². The first-order chi connectivity index (χ1) is 23.4. The third kappa shape index (κ3) is 14.0. The van der Waals surface area contributed by atoms with Crippen molar-refractivity contribution in [3.63, 3.8) is 0 Å². The molecule has 1 aromatic rings. The summed E-state index contributed by atoms with van der Waals surface area (Å²) >= 11 is 0. The molecule has 5 rings (SSSR count). The van der Waals surface area contributed by atoms with E-state index in [9.17, 15) is 28.8 Å². The number of likely N-dealkylation sites (tertiary alicyclic amines) is 1. The van der Waals surface area contributed by atoms with Crippen LogP contribution >= 0.6 is 67.5 Å². The second kappa shape index (κ2) is 24.6. The van der Waals surface area contributed by atoms with Crippen LogP contribution in [0.1, 0.15) is 123 Å². The maximum absolute atomic E-state index is 14.6. The monoisotopic (exact) mass is 865 g/mol. The lowest BCUT2D eigenvalue weighted by molar-refractivity contribution is -0.146. The third-order valence-electron chi connectivity index (χ3n) is 10.7. The van der Waals surface area contributed by atoms with Crippen LogP contribution in [-0.4, -0.2) is 86.9 Å². The van der Waals surface area contributed by atoms with Gasteiger partial charge in [0.25, 0.3) is 11.8 Å². The topological polar surface area (TPSA) is 180 Å². The summed E-state index contributed by atoms with van der Waals surface area (Å²) < 4.78 is 0. The van der Waals surface area contributed by atoms with Gasteiger partial charge in [0.2, 0.25) is 23.5 Å². The van der Waals surface area contributed by atoms with Crippen molar-refractivity contribution < 1.29 is 28.8 Å². The molecule has 0 spiro atoms. The molecule has 3 saturated carbocycles. The van der Waals surface area contributed by atoms with Crippen molar-refractivity contribution in [3.8, 4) is 0 Å². The van der Waals surface area contributed by atoms with Gasteiger partial charge in [-0.2, -0.15) is 67.5 Å². The average molecular weight is 866 g/mol. The average Bonchev–Trinajstić information content (AvgIpc) is 3.65. The zero-order valence-electron chi connectivity index (χ0n) is 31.8. The zero-order chi connectivity index (χ0) is 35.3. The Morgan fingerprint density at radius 1 is 0.836 bits per heavy atom. The molecule has 1 unspecified atom stereocenters. The number of fused-ring (bicyclic) bond motifs is 1. The molecular formula is C37H67N7O6S5. The SMILES string of the molecule is C.CCC[C@H](NC(=O)C1[C@H]2CCC[C@@H]2CN1C(=O)[C@@H](NC(=O)[C@@H](NC(=O)c1cnccn1)C1CCCCC1)C(C)(C)C)C(=O)C(=O)NC1CC1.S.S.S.S.S. The highest BCUT2D eigenvalue weighted by atomic mass is 32.1. The van der Waals surface area contributed by atoms with Gasteiger partial charge in [0.15, 0.2) is 0 Å². The molecule has 55 heavy (non-hydrogen) atoms. The van der Waals surface area contributed by atoms with E-state index in [1.165, 1.54) is 18.6 Å². The summed E-state index contributed by atoms with van der Waals surface area (Å²) in [6.07, 6.45) is 13.9. The molecule has 1 saturated heterocycles. The molecule has 6 atom stereocenters. The highest BCUT2D eigenvalue weighted by Crippen LogP contribution is 2.43. The first-order valence-corrected chi connectivity index (χ1v) is 18.2. The summed E-state index contributed by atoms with van der Waals surface area (Å²) in [6.45, 7) is 7.85. The summed E-state index contributed by atoms with van der Waals surface area (Å²) in [4.78, 5) is 91.4. The molecule has 316 valence electrons. The summed E-state index contributed by atoms with van der Waals surface area (Å²) in [5.41, 5.74) is -0.638. The van der Waals surface area contributed by atoms with Crippen molar-refractivity contribution in [2.45, 2.75) is 142 Å². The molecular weight excluding hydrogens is 799 g/mol. The number of hydrogen-bond donors (Lipinski definition) is 4. The number of aromatic nitrogens is 2. The normalized spacial score (nSPS) is 21.6. The van der Waals surface area contributed by atoms with Gasteiger partial charge < -0.3 is 26.2 Å². The quantitative estimate of drug-likeness (QED) is 0.217. The number of nitrogens with zero attached hydrogens (tertiary/aromatic N) is 3. The Hall–Kier alpha value is -2.15. The second-order valence-electron chi connectivity index (χ2n) is 15.5. The third-order valence-corrected chi connectivity index (χ3v) is 10.7. The summed E-state index contributed by atoms with van der Waals surface area (Å²) in [5.74, 6) is -3.20. The van der Waals surface area contributed by atoms with Gasteiger partial charge in [-0.1, -0.05) is 67.2 Å². The highest BCUT2D eigenvalue weighted by molar-refractivity contribution is 7.60. The Balaban J connectivity index is 0. The second-order valence-corrected chi connectivity index (χ2v) is 15.5. The van der Waals surface area contributed by atoms with Crippen molar-refractivity contribution in [1.29, 1.82) is 0 Å². The van der Waals surface area contributed by atoms with Crippen LogP contribution in [0.3, 0.4) is 0 Å². The van der Waals surface area contributed by atoms with Gasteiger partial charge in [-0.25, -0.2) is 4.98 Å². The van der Waals surface area contributed by atoms with Crippen LogP contribution in [0.15, 0.2) is 18.6 Å². The van der Waals surface area contributed by atoms with E-state index in [4.69, 9.17) is 0 Å². The number of carbonyl (C=O) groups excluding carboxylic acids is 6. The molecule has 0 radical (unpaired) electrons. The van der Waals surface area contributed by atoms with E-state index >= 15 is 0 Å². The molecule has 2 heterocycles. The van der Waals surface area contributed by atoms with Gasteiger partial charge >= 0.3 is 0 Å². The lowest BCUT2D eigenvalue weighted by Gasteiger charge is -2.38. The predicted molar refractivity (Wildman–Crippen MR) is 239 cm³/mol. The lowest BCUT2D eigenvalue weighted by Crippen LogP contribution is -2.62. The van der Waals surface area contributed by atoms with Crippen LogP contribution in [0.25, 0.3) is 0 Å². The molecule has 3 aliphatic carbocycles. The van der Waals surface area contributed by atoms with Gasteiger partial charge in [-0.15, -0.1) is 0 Å². The first-order valence-electron chi connectivity index (χ1n) is 18.2. The fourth-order valence-corrected chi connectivity index (χ4v) is 7.87. The van der Waals surface area contributed by atoms with Gasteiger partial charge in [0, 0.05) is 25.0 Å². The molecule has 0 bridgehead atoms. The van der Waals surface area contributed by atoms with Crippen LogP contribution in [0, 0.1) is 23.2 Å². The number of Topliss-reactive ketones (excluding diaryl/α,β-unsaturated/α-hetero) is 1. The minimum atomic E-state index is -0.994. The fraction of sp³-hybridized carbons (Fsp3) is 0.730. The highest BCUT2D eigenvalue weighted by Gasteiger charge is 2.52. The number of carbonyl (C=O) groups is 6. The molecule has 1 aliphatic heterocycles. The number of amides is 5. The zero-order valence-corrected chi connectivity index (χ0v) is 36.8. The van der Waals surface area contributed by atoms with Crippen molar-refractivity contribution in [2.75, 3.05) is 6.54 Å². The lowest BCUT2D eigenvalue weighted by atomic mass is 9.82. The number of rotatable bonds is 13. The Bertz CT molecular complexity index is 1410. The summed E-state index contributed by atoms with van der Waals surface area (Å²) in [5, 5.41) is 11.5. The Morgan fingerprint density at radius 3 is 2.05 bits per heavy atom. The van der Waals surface area contributed by atoms with Crippen molar-refractivity contribution in [1.82, 2.24) is 36.1 Å². The smallest absolute Gasteiger partial charge is 0.289 e. The largest absolute Gasteiger partial charge is 0.347 e. The maximum Gasteiger partial charge on any atom is 0.289 e. The molecule has 4 aliphatic rings. The number of ketones is 1. The standard InChI is InChI=1S/C36H53N7O6.CH4.5H2S/c1-5-10-25(29(44)34(48)39-23-15-16-23)40-33(47)28-24-14-9-13-22(24)20-43(28)35(49)30(36(2,3)4)42-32(46)27(21-11-7-6-8-12-21)41-31(45)26-19-37-17-18-38-26;;;;;;/h17-19,21-25,27-28,30H,5-16,20H2,1-4H3,(H,39,48)(H,40,47)(H,41,45)(H,42,46);1H4;5*1H2/t22-,24+,25+,27+,28?,30-;;;;;;/m1....../s1. The minimum Gasteiger partial charge on any atom is -0.347 e. The van der Waals surface area contributed by atoms with Crippen LogP contribution in [0.5, 0.6) is 0 Å². The maximum atomic E-state index is 14.6. The number of hydrogen-bond acceptors (Lipinski definition) is 8. The summed E-state index contributed by atoms with van der Waals surface area (Å²) in [7, 11) is 0. The van der Waals surface area contributed by atoms with E-state index in [1.807, 2.05) is 27.7 Å². The summed E-state index contributed by atoms with van der Waals surface area (Å²) in [6, 6.07) is -3.68. The van der Waals surface area contributed by atoms with Crippen LogP contribution < -0.4 is 21.3 Å². The van der Waals surface area contributed by atoms with Crippen molar-refractivity contribution in [3.05, 3.63) is 24.3 Å². The van der Waals surface area contributed by atoms with Crippen LogP contribution in [0.2, 0.25) is 0 Å². The van der Waals surface area contributed by atoms with E-state index in [1.54, 1.807) is 4.90 Å². The van der Waals surface area contributed by atoms with E-state index < -0.39 is 59.0 Å². The first kappa shape index (κ1) is 54.9. The molecule has 4 fully saturated rings. The molecule has 4 N–H and O–H groups in total. The van der Waals surface area contributed by atoms with Crippen molar-refractivity contribution >= 4 is 103 Å². The minimum absolute atomic E-state index is 0. The molecule has 1 aromatic heterocycles. The molecule has 13 nitrogen and oxygen atoms in total. The van der Waals surface area contributed by atoms with Gasteiger partial charge in [0.1, 0.15) is 23.8 Å². The number of nitrogens with one attached hydrogen (secondary N) is 4. The fourth-order valence-electron chi connectivity index (χ4n) is 7.87. The van der Waals surface area contributed by atoms with Crippen LogP contribution in [0.4, 0.5) is 0 Å². The van der Waals surface area contributed by atoms with Gasteiger partial charge in [0.05, 0.1) is 12.2 Å². The van der Waals surface area contributed by atoms with E-state index in [0.29, 0.717) is 19.4 Å². The predicted octanol–water partition coefficient (Wildman–Crippen LogP) is 3.65. The van der Waals surface area contributed by atoms with Crippen molar-refractivity contribution in [2.24, 2.45) is 23.2 Å².